The van der Waals surface area contributed by atoms with Crippen molar-refractivity contribution < 1.29 is 9.31 Å². The van der Waals surface area contributed by atoms with Gasteiger partial charge in [-0.3, -0.25) is 0 Å². The molecule has 0 unspecified atom stereocenters. The van der Waals surface area contributed by atoms with Gasteiger partial charge in [-0.05, 0) is 52.0 Å². The fraction of sp³-hybridized carbons (Fsp3) is 0.688. The Labute approximate surface area is 132 Å². The van der Waals surface area contributed by atoms with E-state index < -0.39 is 0 Å². The Morgan fingerprint density at radius 1 is 1.14 bits per heavy atom. The Bertz CT molecular complexity index is 525. The molecule has 0 spiro atoms. The van der Waals surface area contributed by atoms with Gasteiger partial charge in [0.25, 0.3) is 0 Å². The molecule has 1 saturated heterocycles. The highest BCUT2D eigenvalue weighted by Gasteiger charge is 2.51. The molecule has 1 aliphatic carbocycles. The molecule has 0 radical (unpaired) electrons. The van der Waals surface area contributed by atoms with Crippen LogP contribution in [0, 0.1) is 0 Å². The van der Waals surface area contributed by atoms with Gasteiger partial charge in [-0.1, -0.05) is 30.5 Å². The van der Waals surface area contributed by atoms with Gasteiger partial charge in [0.15, 0.2) is 0 Å². The molecule has 0 N–H and O–H groups in total. The lowest BCUT2D eigenvalue weighted by atomic mass is 9.78. The van der Waals surface area contributed by atoms with Crippen LogP contribution in [0.4, 0.5) is 0 Å². The number of hydrogen-bond acceptors (Lipinski definition) is 3. The quantitative estimate of drug-likeness (QED) is 0.617. The maximum Gasteiger partial charge on any atom is 0.496 e. The molecule has 1 saturated carbocycles. The lowest BCUT2D eigenvalue weighted by Crippen LogP contribution is -2.41. The van der Waals surface area contributed by atoms with E-state index in [1.54, 1.807) is 6.20 Å². The summed E-state index contributed by atoms with van der Waals surface area (Å²) in [6.07, 6.45) is 6.74. The lowest BCUT2D eigenvalue weighted by molar-refractivity contribution is 0.00578. The van der Waals surface area contributed by atoms with E-state index in [1.807, 2.05) is 0 Å². The third-order valence-electron chi connectivity index (χ3n) is 5.21. The largest absolute Gasteiger partial charge is 0.496 e. The zero-order valence-electron chi connectivity index (χ0n) is 13.3. The minimum absolute atomic E-state index is 0.329. The highest BCUT2D eigenvalue weighted by molar-refractivity contribution is 6.62. The van der Waals surface area contributed by atoms with Crippen molar-refractivity contribution >= 4 is 24.2 Å². The number of aromatic nitrogens is 1. The van der Waals surface area contributed by atoms with Crippen LogP contribution in [-0.2, 0) is 9.31 Å². The summed E-state index contributed by atoms with van der Waals surface area (Å²) < 4.78 is 12.2. The third kappa shape index (κ3) is 2.74. The van der Waals surface area contributed by atoms with Crippen LogP contribution in [0.2, 0.25) is 5.15 Å². The van der Waals surface area contributed by atoms with Crippen LogP contribution in [-0.4, -0.2) is 23.3 Å². The van der Waals surface area contributed by atoms with Crippen LogP contribution in [0.1, 0.15) is 64.9 Å². The number of pyridine rings is 1. The van der Waals surface area contributed by atoms with E-state index in [9.17, 15) is 0 Å². The molecule has 114 valence electrons. The van der Waals surface area contributed by atoms with E-state index in [0.717, 1.165) is 11.0 Å². The highest BCUT2D eigenvalue weighted by atomic mass is 35.5. The maximum atomic E-state index is 6.30. The third-order valence-corrected chi connectivity index (χ3v) is 5.52. The van der Waals surface area contributed by atoms with Gasteiger partial charge in [-0.15, -0.1) is 0 Å². The Hall–Kier alpha value is -0.575. The first-order valence-electron chi connectivity index (χ1n) is 7.81. The van der Waals surface area contributed by atoms with E-state index in [4.69, 9.17) is 20.9 Å². The van der Waals surface area contributed by atoms with Crippen molar-refractivity contribution in [2.75, 3.05) is 0 Å². The van der Waals surface area contributed by atoms with Crippen molar-refractivity contribution in [3.05, 3.63) is 23.0 Å². The summed E-state index contributed by atoms with van der Waals surface area (Å²) >= 11 is 6.30. The molecule has 0 atom stereocenters. The highest BCUT2D eigenvalue weighted by Crippen LogP contribution is 2.38. The average Bonchev–Trinajstić information content (AvgIpc) is 2.97. The van der Waals surface area contributed by atoms with E-state index in [0.29, 0.717) is 11.1 Å². The Kier molecular flexibility index (Phi) is 3.83. The van der Waals surface area contributed by atoms with Gasteiger partial charge in [0.2, 0.25) is 0 Å². The molecule has 2 fully saturated rings. The van der Waals surface area contributed by atoms with Crippen LogP contribution in [0.5, 0.6) is 0 Å². The van der Waals surface area contributed by atoms with E-state index in [-0.39, 0.29) is 18.3 Å². The molecule has 3 rings (SSSR count). The Morgan fingerprint density at radius 3 is 2.29 bits per heavy atom. The van der Waals surface area contributed by atoms with Crippen LogP contribution in [0.3, 0.4) is 0 Å². The number of hydrogen-bond donors (Lipinski definition) is 0. The fourth-order valence-electron chi connectivity index (χ4n) is 3.11. The molecule has 0 aromatic carbocycles. The van der Waals surface area contributed by atoms with Gasteiger partial charge in [0, 0.05) is 11.7 Å². The Balaban J connectivity index is 1.88. The second-order valence-corrected chi connectivity index (χ2v) is 7.58. The molecular weight excluding hydrogens is 284 g/mol. The minimum atomic E-state index is -0.361. The normalized spacial score (nSPS) is 24.7. The smallest absolute Gasteiger partial charge is 0.399 e. The first-order valence-corrected chi connectivity index (χ1v) is 8.19. The average molecular weight is 308 g/mol. The van der Waals surface area contributed by atoms with E-state index >= 15 is 0 Å². The fourth-order valence-corrected chi connectivity index (χ4v) is 3.37. The lowest BCUT2D eigenvalue weighted by Gasteiger charge is -2.32. The van der Waals surface area contributed by atoms with Crippen molar-refractivity contribution in [3.63, 3.8) is 0 Å². The van der Waals surface area contributed by atoms with Gasteiger partial charge in [0.05, 0.1) is 11.2 Å². The SMILES string of the molecule is CC1(C)OB(c2cnc(Cl)c(C3CCCC3)c2)OC1(C)C. The van der Waals surface area contributed by atoms with Crippen LogP contribution in [0.15, 0.2) is 12.3 Å². The van der Waals surface area contributed by atoms with Crippen molar-refractivity contribution in [2.45, 2.75) is 70.5 Å². The molecule has 5 heteroatoms. The van der Waals surface area contributed by atoms with Gasteiger partial charge in [-0.2, -0.15) is 0 Å². The number of halogens is 1. The van der Waals surface area contributed by atoms with Crippen LogP contribution < -0.4 is 5.46 Å². The summed E-state index contributed by atoms with van der Waals surface area (Å²) in [7, 11) is -0.361. The zero-order chi connectivity index (χ0) is 15.3. The molecule has 21 heavy (non-hydrogen) atoms. The van der Waals surface area contributed by atoms with Crippen LogP contribution in [0.25, 0.3) is 0 Å². The molecule has 1 aromatic rings. The molecule has 1 aliphatic heterocycles. The molecule has 2 heterocycles. The summed E-state index contributed by atoms with van der Waals surface area (Å²) in [6.45, 7) is 8.25. The zero-order valence-corrected chi connectivity index (χ0v) is 14.0. The molecule has 0 amide bonds. The standard InChI is InChI=1S/C16H23BClNO2/c1-15(2)16(3,4)21-17(20-15)12-9-13(14(18)19-10-12)11-7-5-6-8-11/h9-11H,5-8H2,1-4H3. The molecule has 2 aliphatic rings. The summed E-state index contributed by atoms with van der Waals surface area (Å²) in [6, 6.07) is 2.13. The van der Waals surface area contributed by atoms with Crippen molar-refractivity contribution in [2.24, 2.45) is 0 Å². The predicted octanol–water partition coefficient (Wildman–Crippen LogP) is 3.69. The second-order valence-electron chi connectivity index (χ2n) is 7.22. The summed E-state index contributed by atoms with van der Waals surface area (Å²) in [5, 5.41) is 0.627. The van der Waals surface area contributed by atoms with Crippen LogP contribution >= 0.6 is 11.6 Å². The van der Waals surface area contributed by atoms with E-state index in [1.165, 1.54) is 25.7 Å². The monoisotopic (exact) mass is 307 g/mol. The van der Waals surface area contributed by atoms with Crippen molar-refractivity contribution in [1.82, 2.24) is 4.98 Å². The summed E-state index contributed by atoms with van der Waals surface area (Å²) in [5.74, 6) is 0.535. The molecule has 1 aromatic heterocycles. The van der Waals surface area contributed by atoms with Gasteiger partial charge in [-0.25, -0.2) is 4.98 Å². The second kappa shape index (κ2) is 5.25. The maximum absolute atomic E-state index is 6.30. The van der Waals surface area contributed by atoms with Gasteiger partial charge < -0.3 is 9.31 Å². The van der Waals surface area contributed by atoms with Gasteiger partial charge >= 0.3 is 7.12 Å². The topological polar surface area (TPSA) is 31.4 Å². The van der Waals surface area contributed by atoms with Gasteiger partial charge in [0.1, 0.15) is 5.15 Å². The van der Waals surface area contributed by atoms with E-state index in [2.05, 4.69) is 38.7 Å². The van der Waals surface area contributed by atoms with Crippen molar-refractivity contribution in [3.8, 4) is 0 Å². The molecular formula is C16H23BClNO2. The number of nitrogens with zero attached hydrogens (tertiary/aromatic N) is 1. The first-order chi connectivity index (χ1) is 9.80. The summed E-state index contributed by atoms with van der Waals surface area (Å²) in [4.78, 5) is 4.37. The van der Waals surface area contributed by atoms with Crippen molar-refractivity contribution in [1.29, 1.82) is 0 Å². The first kappa shape index (κ1) is 15.3. The summed E-state index contributed by atoms with van der Waals surface area (Å²) in [5.41, 5.74) is 1.47. The predicted molar refractivity (Wildman–Crippen MR) is 86.2 cm³/mol. The molecule has 3 nitrogen and oxygen atoms in total. The minimum Gasteiger partial charge on any atom is -0.399 e. The molecule has 0 bridgehead atoms. The number of rotatable bonds is 2. The Morgan fingerprint density at radius 2 is 1.71 bits per heavy atom.